The molecule has 0 aliphatic heterocycles. The van der Waals surface area contributed by atoms with Crippen molar-refractivity contribution in [2.24, 2.45) is 0 Å². The fraction of sp³-hybridized carbons (Fsp3) is 0.417. The summed E-state index contributed by atoms with van der Waals surface area (Å²) in [6.07, 6.45) is 2.77. The third-order valence-corrected chi connectivity index (χ3v) is 5.79. The zero-order valence-corrected chi connectivity index (χ0v) is 19.8. The van der Waals surface area contributed by atoms with Gasteiger partial charge in [-0.1, -0.05) is 61.7 Å². The van der Waals surface area contributed by atoms with Gasteiger partial charge in [-0.2, -0.15) is 0 Å². The average molecular weight is 465 g/mol. The smallest absolute Gasteiger partial charge is 0.261 e. The van der Waals surface area contributed by atoms with Crippen LogP contribution in [0.15, 0.2) is 42.5 Å². The molecule has 2 amide bonds. The summed E-state index contributed by atoms with van der Waals surface area (Å²) in [7, 11) is 0. The zero-order valence-electron chi connectivity index (χ0n) is 18.3. The molecule has 2 rings (SSSR count). The highest BCUT2D eigenvalue weighted by Crippen LogP contribution is 2.26. The Bertz CT molecular complexity index is 851. The molecular formula is C24H30Cl2N2O3. The number of benzene rings is 2. The Labute approximate surface area is 194 Å². The molecule has 0 saturated carbocycles. The van der Waals surface area contributed by atoms with Gasteiger partial charge in [-0.15, -0.1) is 0 Å². The fourth-order valence-electron chi connectivity index (χ4n) is 3.02. The van der Waals surface area contributed by atoms with Gasteiger partial charge in [0.1, 0.15) is 11.8 Å². The van der Waals surface area contributed by atoms with Gasteiger partial charge >= 0.3 is 0 Å². The number of nitrogens with one attached hydrogen (secondary N) is 1. The molecule has 0 unspecified atom stereocenters. The minimum absolute atomic E-state index is 0.109. The van der Waals surface area contributed by atoms with Crippen molar-refractivity contribution in [1.29, 1.82) is 0 Å². The topological polar surface area (TPSA) is 58.6 Å². The third-order valence-electron chi connectivity index (χ3n) is 5.08. The van der Waals surface area contributed by atoms with Crippen LogP contribution in [0.25, 0.3) is 0 Å². The summed E-state index contributed by atoms with van der Waals surface area (Å²) in [5.74, 6) is 0.0484. The van der Waals surface area contributed by atoms with Gasteiger partial charge < -0.3 is 15.0 Å². The van der Waals surface area contributed by atoms with E-state index in [0.717, 1.165) is 19.3 Å². The Balaban J connectivity index is 2.16. The van der Waals surface area contributed by atoms with Crippen LogP contribution in [-0.4, -0.2) is 35.9 Å². The van der Waals surface area contributed by atoms with Crippen LogP contribution in [0.2, 0.25) is 10.0 Å². The fourth-order valence-corrected chi connectivity index (χ4v) is 3.54. The number of halogens is 2. The van der Waals surface area contributed by atoms with Crippen molar-refractivity contribution in [3.63, 3.8) is 0 Å². The molecule has 0 heterocycles. The molecule has 0 aliphatic rings. The Morgan fingerprint density at radius 2 is 1.71 bits per heavy atom. The quantitative estimate of drug-likeness (QED) is 0.460. The normalized spacial score (nSPS) is 11.6. The molecular weight excluding hydrogens is 435 g/mol. The van der Waals surface area contributed by atoms with Crippen molar-refractivity contribution in [2.45, 2.75) is 52.6 Å². The van der Waals surface area contributed by atoms with E-state index in [1.165, 1.54) is 10.5 Å². The molecule has 168 valence electrons. The van der Waals surface area contributed by atoms with E-state index in [1.54, 1.807) is 25.1 Å². The van der Waals surface area contributed by atoms with Crippen LogP contribution < -0.4 is 10.1 Å². The number of nitrogens with zero attached hydrogens (tertiary/aromatic N) is 1. The zero-order chi connectivity index (χ0) is 22.8. The second-order valence-electron chi connectivity index (χ2n) is 7.33. The lowest BCUT2D eigenvalue weighted by atomic mass is 10.1. The summed E-state index contributed by atoms with van der Waals surface area (Å²) in [4.78, 5) is 27.2. The Morgan fingerprint density at radius 3 is 2.29 bits per heavy atom. The number of aryl methyl sites for hydroxylation is 1. The maximum Gasteiger partial charge on any atom is 0.261 e. The maximum atomic E-state index is 13.1. The van der Waals surface area contributed by atoms with Crippen LogP contribution in [-0.2, 0) is 22.6 Å². The number of hydrogen-bond acceptors (Lipinski definition) is 3. The van der Waals surface area contributed by atoms with E-state index in [4.69, 9.17) is 27.9 Å². The monoisotopic (exact) mass is 464 g/mol. The number of carbonyl (C=O) groups excluding carboxylic acids is 2. The minimum Gasteiger partial charge on any atom is -0.484 e. The molecule has 0 aromatic heterocycles. The second-order valence-corrected chi connectivity index (χ2v) is 8.14. The number of amides is 2. The van der Waals surface area contributed by atoms with Gasteiger partial charge in [0.25, 0.3) is 5.91 Å². The summed E-state index contributed by atoms with van der Waals surface area (Å²) >= 11 is 12.6. The number of rotatable bonds is 11. The van der Waals surface area contributed by atoms with Gasteiger partial charge in [-0.3, -0.25) is 9.59 Å². The molecule has 0 radical (unpaired) electrons. The van der Waals surface area contributed by atoms with Crippen LogP contribution in [0, 0.1) is 0 Å². The van der Waals surface area contributed by atoms with Crippen molar-refractivity contribution in [3.05, 3.63) is 63.6 Å². The summed E-state index contributed by atoms with van der Waals surface area (Å²) in [5, 5.41) is 3.77. The largest absolute Gasteiger partial charge is 0.484 e. The van der Waals surface area contributed by atoms with Crippen molar-refractivity contribution < 1.29 is 14.3 Å². The molecule has 0 spiro atoms. The van der Waals surface area contributed by atoms with E-state index in [2.05, 4.69) is 19.2 Å². The predicted octanol–water partition coefficient (Wildman–Crippen LogP) is 5.27. The molecule has 5 nitrogen and oxygen atoms in total. The molecule has 2 aromatic rings. The Hall–Kier alpha value is -2.24. The van der Waals surface area contributed by atoms with Gasteiger partial charge in [0.2, 0.25) is 5.91 Å². The molecule has 0 saturated heterocycles. The molecule has 7 heteroatoms. The molecule has 2 aromatic carbocycles. The number of hydrogen-bond donors (Lipinski definition) is 1. The van der Waals surface area contributed by atoms with E-state index in [9.17, 15) is 9.59 Å². The van der Waals surface area contributed by atoms with Crippen molar-refractivity contribution in [3.8, 4) is 5.75 Å². The summed E-state index contributed by atoms with van der Waals surface area (Å²) in [6, 6.07) is 12.1. The first-order chi connectivity index (χ1) is 14.9. The summed E-state index contributed by atoms with van der Waals surface area (Å²) < 4.78 is 5.69. The molecule has 0 bridgehead atoms. The molecule has 1 N–H and O–H groups in total. The van der Waals surface area contributed by atoms with Crippen molar-refractivity contribution in [1.82, 2.24) is 10.2 Å². The SMILES string of the molecule is CCCCNC(=O)[C@H](C)N(Cc1c(Cl)cccc1Cl)C(=O)COc1ccc(CC)cc1. The minimum atomic E-state index is -0.706. The van der Waals surface area contributed by atoms with E-state index < -0.39 is 6.04 Å². The van der Waals surface area contributed by atoms with Crippen molar-refractivity contribution >= 4 is 35.0 Å². The van der Waals surface area contributed by atoms with Gasteiger partial charge in [0.15, 0.2) is 6.61 Å². The molecule has 0 aliphatic carbocycles. The predicted molar refractivity (Wildman–Crippen MR) is 126 cm³/mol. The first-order valence-electron chi connectivity index (χ1n) is 10.6. The van der Waals surface area contributed by atoms with Crippen LogP contribution in [0.5, 0.6) is 5.75 Å². The van der Waals surface area contributed by atoms with Crippen molar-refractivity contribution in [2.75, 3.05) is 13.2 Å². The first kappa shape index (κ1) is 25.0. The van der Waals surface area contributed by atoms with Gasteiger partial charge in [0.05, 0.1) is 0 Å². The molecule has 1 atom stereocenters. The molecule has 31 heavy (non-hydrogen) atoms. The third kappa shape index (κ3) is 7.44. The van der Waals surface area contributed by atoms with Crippen LogP contribution in [0.4, 0.5) is 0 Å². The standard InChI is InChI=1S/C24H30Cl2N2O3/c1-4-6-14-27-24(30)17(3)28(15-20-21(25)8-7-9-22(20)26)23(29)16-31-19-12-10-18(5-2)11-13-19/h7-13,17H,4-6,14-16H2,1-3H3,(H,27,30)/t17-/m0/s1. The van der Waals surface area contributed by atoms with E-state index in [-0.39, 0.29) is 25.0 Å². The lowest BCUT2D eigenvalue weighted by Gasteiger charge is -2.29. The second kappa shape index (κ2) is 12.6. The number of carbonyl (C=O) groups is 2. The van der Waals surface area contributed by atoms with E-state index in [0.29, 0.717) is 27.9 Å². The van der Waals surface area contributed by atoms with Crippen LogP contribution in [0.1, 0.15) is 44.7 Å². The van der Waals surface area contributed by atoms with E-state index >= 15 is 0 Å². The lowest BCUT2D eigenvalue weighted by Crippen LogP contribution is -2.49. The van der Waals surface area contributed by atoms with Gasteiger partial charge in [-0.05, 0) is 49.6 Å². The lowest BCUT2D eigenvalue weighted by molar-refractivity contribution is -0.142. The Morgan fingerprint density at radius 1 is 1.06 bits per heavy atom. The summed E-state index contributed by atoms with van der Waals surface area (Å²) in [5.41, 5.74) is 1.78. The van der Waals surface area contributed by atoms with Gasteiger partial charge in [0, 0.05) is 28.7 Å². The highest BCUT2D eigenvalue weighted by Gasteiger charge is 2.27. The van der Waals surface area contributed by atoms with E-state index in [1.807, 2.05) is 24.3 Å². The number of ether oxygens (including phenoxy) is 1. The van der Waals surface area contributed by atoms with Gasteiger partial charge in [-0.25, -0.2) is 0 Å². The van der Waals surface area contributed by atoms with Crippen LogP contribution in [0.3, 0.4) is 0 Å². The Kier molecular flexibility index (Phi) is 10.2. The molecule has 0 fully saturated rings. The first-order valence-corrected chi connectivity index (χ1v) is 11.3. The number of unbranched alkanes of at least 4 members (excludes halogenated alkanes) is 1. The maximum absolute atomic E-state index is 13.1. The highest BCUT2D eigenvalue weighted by molar-refractivity contribution is 6.36. The highest BCUT2D eigenvalue weighted by atomic mass is 35.5. The average Bonchev–Trinajstić information content (AvgIpc) is 2.77. The van der Waals surface area contributed by atoms with Crippen LogP contribution >= 0.6 is 23.2 Å². The summed E-state index contributed by atoms with van der Waals surface area (Å²) in [6.45, 7) is 6.30.